The molecule has 0 aliphatic rings. The van der Waals surface area contributed by atoms with E-state index in [0.717, 1.165) is 6.07 Å². The summed E-state index contributed by atoms with van der Waals surface area (Å²) in [4.78, 5) is 12.0. The van der Waals surface area contributed by atoms with E-state index in [-0.39, 0.29) is 21.2 Å². The monoisotopic (exact) mass is 405 g/mol. The topological polar surface area (TPSA) is 63.2 Å². The van der Waals surface area contributed by atoms with Crippen molar-refractivity contribution in [2.24, 2.45) is 0 Å². The highest BCUT2D eigenvalue weighted by molar-refractivity contribution is 7.92. The zero-order chi connectivity index (χ0) is 19.9. The van der Waals surface area contributed by atoms with E-state index in [1.165, 1.54) is 32.9 Å². The van der Waals surface area contributed by atoms with Gasteiger partial charge in [0.2, 0.25) is 0 Å². The highest BCUT2D eigenvalue weighted by Gasteiger charge is 2.33. The van der Waals surface area contributed by atoms with E-state index >= 15 is 0 Å². The summed E-state index contributed by atoms with van der Waals surface area (Å²) in [5.74, 6) is -5.43. The van der Waals surface area contributed by atoms with Gasteiger partial charge in [0.15, 0.2) is 27.3 Å². The van der Waals surface area contributed by atoms with Crippen molar-refractivity contribution in [3.63, 3.8) is 0 Å². The largest absolute Gasteiger partial charge is 0.322 e. The molecule has 0 fully saturated rings. The summed E-state index contributed by atoms with van der Waals surface area (Å²) >= 11 is 5.96. The van der Waals surface area contributed by atoms with Crippen molar-refractivity contribution in [3.8, 4) is 0 Å². The first-order valence-electron chi connectivity index (χ1n) is 7.34. The van der Waals surface area contributed by atoms with Crippen LogP contribution in [0, 0.1) is 17.5 Å². The minimum absolute atomic E-state index is 0.0599. The first-order chi connectivity index (χ1) is 11.8. The lowest BCUT2D eigenvalue weighted by molar-refractivity contribution is 0.102. The van der Waals surface area contributed by atoms with Crippen LogP contribution in [0.25, 0.3) is 0 Å². The maximum Gasteiger partial charge on any atom is 0.255 e. The molecule has 9 heteroatoms. The number of carbonyl (C=O) groups is 1. The molecule has 1 amide bonds. The molecule has 0 atom stereocenters. The van der Waals surface area contributed by atoms with Crippen molar-refractivity contribution in [1.29, 1.82) is 0 Å². The number of nitrogens with one attached hydrogen (secondary N) is 1. The number of carbonyl (C=O) groups excluding carboxylic acids is 1. The van der Waals surface area contributed by atoms with Crippen LogP contribution >= 0.6 is 11.6 Å². The van der Waals surface area contributed by atoms with Crippen molar-refractivity contribution in [1.82, 2.24) is 0 Å². The number of halogens is 4. The Labute approximate surface area is 153 Å². The van der Waals surface area contributed by atoms with E-state index in [4.69, 9.17) is 11.6 Å². The van der Waals surface area contributed by atoms with Crippen molar-refractivity contribution < 1.29 is 26.4 Å². The van der Waals surface area contributed by atoms with Crippen molar-refractivity contribution in [3.05, 3.63) is 58.4 Å². The fourth-order valence-electron chi connectivity index (χ4n) is 2.01. The van der Waals surface area contributed by atoms with E-state index < -0.39 is 37.9 Å². The van der Waals surface area contributed by atoms with Crippen LogP contribution in [0.5, 0.6) is 0 Å². The van der Waals surface area contributed by atoms with Gasteiger partial charge in [-0.25, -0.2) is 21.6 Å². The summed E-state index contributed by atoms with van der Waals surface area (Å²) in [5.41, 5.74) is -0.413. The van der Waals surface area contributed by atoms with Gasteiger partial charge in [-0.05, 0) is 39.0 Å². The highest BCUT2D eigenvalue weighted by Crippen LogP contribution is 2.31. The summed E-state index contributed by atoms with van der Waals surface area (Å²) < 4.78 is 63.4. The Morgan fingerprint density at radius 2 is 1.58 bits per heavy atom. The first-order valence-corrected chi connectivity index (χ1v) is 9.21. The summed E-state index contributed by atoms with van der Waals surface area (Å²) in [5, 5.41) is 2.12. The van der Waals surface area contributed by atoms with Gasteiger partial charge in [0.25, 0.3) is 5.91 Å². The smallest absolute Gasteiger partial charge is 0.255 e. The third-order valence-corrected chi connectivity index (χ3v) is 6.50. The number of benzene rings is 2. The molecule has 0 spiro atoms. The molecule has 0 aromatic heterocycles. The normalized spacial score (nSPS) is 12.1. The Morgan fingerprint density at radius 3 is 2.08 bits per heavy atom. The minimum Gasteiger partial charge on any atom is -0.322 e. The number of anilines is 1. The van der Waals surface area contributed by atoms with Crippen LogP contribution in [0.4, 0.5) is 18.9 Å². The summed E-state index contributed by atoms with van der Waals surface area (Å²) in [6.45, 7) is 4.44. The van der Waals surface area contributed by atoms with Gasteiger partial charge in [0, 0.05) is 23.4 Å². The number of hydrogen-bond acceptors (Lipinski definition) is 3. The van der Waals surface area contributed by atoms with E-state index in [1.54, 1.807) is 0 Å². The van der Waals surface area contributed by atoms with Crippen molar-refractivity contribution in [2.45, 2.75) is 30.4 Å². The molecular formula is C17H15ClF3NO3S. The maximum absolute atomic E-state index is 13.2. The first kappa shape index (κ1) is 20.3. The Morgan fingerprint density at radius 1 is 1.04 bits per heavy atom. The standard InChI is InChI=1S/C17H15ClF3NO3S/c1-17(2,3)26(24,25)14-6-9(4-5-11(14)18)16(23)22-10-7-12(19)15(21)13(20)8-10/h4-8H,1-3H3,(H,22,23). The predicted octanol–water partition coefficient (Wildman–Crippen LogP) is 4.58. The Bertz CT molecular complexity index is 962. The third kappa shape index (κ3) is 3.86. The third-order valence-electron chi connectivity index (χ3n) is 3.53. The summed E-state index contributed by atoms with van der Waals surface area (Å²) in [6, 6.07) is 4.79. The molecule has 0 heterocycles. The molecule has 1 N–H and O–H groups in total. The van der Waals surface area contributed by atoms with Crippen molar-refractivity contribution in [2.75, 3.05) is 5.32 Å². The zero-order valence-electron chi connectivity index (χ0n) is 14.0. The number of hydrogen-bond donors (Lipinski definition) is 1. The molecule has 0 aliphatic carbocycles. The molecule has 26 heavy (non-hydrogen) atoms. The Balaban J connectivity index is 2.41. The van der Waals surface area contributed by atoms with Gasteiger partial charge in [-0.15, -0.1) is 0 Å². The van der Waals surface area contributed by atoms with Crippen LogP contribution < -0.4 is 5.32 Å². The van der Waals surface area contributed by atoms with Gasteiger partial charge in [0.05, 0.1) is 14.7 Å². The Kier molecular flexibility index (Phi) is 5.39. The molecule has 2 rings (SSSR count). The summed E-state index contributed by atoms with van der Waals surface area (Å²) in [6.07, 6.45) is 0. The molecule has 0 aliphatic heterocycles. The van der Waals surface area contributed by atoms with Gasteiger partial charge >= 0.3 is 0 Å². The molecule has 2 aromatic rings. The minimum atomic E-state index is -3.84. The molecule has 0 saturated carbocycles. The van der Waals surface area contributed by atoms with Crippen LogP contribution in [0.2, 0.25) is 5.02 Å². The van der Waals surface area contributed by atoms with Crippen LogP contribution in [0.15, 0.2) is 35.2 Å². The molecule has 140 valence electrons. The zero-order valence-corrected chi connectivity index (χ0v) is 15.6. The van der Waals surface area contributed by atoms with Crippen LogP contribution in [0.1, 0.15) is 31.1 Å². The second-order valence-corrected chi connectivity index (χ2v) is 9.55. The lowest BCUT2D eigenvalue weighted by atomic mass is 10.2. The summed E-state index contributed by atoms with van der Waals surface area (Å²) in [7, 11) is -3.84. The predicted molar refractivity (Wildman–Crippen MR) is 92.7 cm³/mol. The van der Waals surface area contributed by atoms with Gasteiger partial charge in [-0.1, -0.05) is 11.6 Å². The van der Waals surface area contributed by atoms with E-state index in [9.17, 15) is 26.4 Å². The van der Waals surface area contributed by atoms with Crippen molar-refractivity contribution >= 4 is 33.0 Å². The van der Waals surface area contributed by atoms with Gasteiger partial charge < -0.3 is 5.32 Å². The molecule has 4 nitrogen and oxygen atoms in total. The molecule has 0 unspecified atom stereocenters. The second-order valence-electron chi connectivity index (χ2n) is 6.47. The second kappa shape index (κ2) is 6.92. The Hall–Kier alpha value is -2.06. The molecule has 0 bridgehead atoms. The van der Waals surface area contributed by atoms with Crippen LogP contribution in [-0.2, 0) is 9.84 Å². The number of amides is 1. The van der Waals surface area contributed by atoms with E-state index in [1.807, 2.05) is 0 Å². The molecular weight excluding hydrogens is 391 g/mol. The van der Waals surface area contributed by atoms with Crippen LogP contribution in [-0.4, -0.2) is 19.1 Å². The lowest BCUT2D eigenvalue weighted by Crippen LogP contribution is -2.28. The molecule has 2 aromatic carbocycles. The van der Waals surface area contributed by atoms with E-state index in [2.05, 4.69) is 5.32 Å². The molecule has 0 radical (unpaired) electrons. The van der Waals surface area contributed by atoms with Gasteiger partial charge in [-0.3, -0.25) is 4.79 Å². The fraction of sp³-hybridized carbons (Fsp3) is 0.235. The van der Waals surface area contributed by atoms with E-state index in [0.29, 0.717) is 12.1 Å². The number of sulfone groups is 1. The SMILES string of the molecule is CC(C)(C)S(=O)(=O)c1cc(C(=O)Nc2cc(F)c(F)c(F)c2)ccc1Cl. The average molecular weight is 406 g/mol. The number of rotatable bonds is 3. The average Bonchev–Trinajstić information content (AvgIpc) is 2.51. The van der Waals surface area contributed by atoms with Crippen LogP contribution in [0.3, 0.4) is 0 Å². The lowest BCUT2D eigenvalue weighted by Gasteiger charge is -2.20. The quantitative estimate of drug-likeness (QED) is 0.760. The fourth-order valence-corrected chi connectivity index (χ4v) is 3.70. The van der Waals surface area contributed by atoms with Gasteiger partial charge in [0.1, 0.15) is 0 Å². The van der Waals surface area contributed by atoms with Gasteiger partial charge in [-0.2, -0.15) is 0 Å². The maximum atomic E-state index is 13.2. The highest BCUT2D eigenvalue weighted by atomic mass is 35.5. The molecule has 0 saturated heterocycles.